The first-order chi connectivity index (χ1) is 5.59. The van der Waals surface area contributed by atoms with Crippen molar-refractivity contribution < 1.29 is 4.79 Å². The Labute approximate surface area is 79.3 Å². The molecule has 1 heterocycles. The fourth-order valence-electron chi connectivity index (χ4n) is 0.840. The van der Waals surface area contributed by atoms with Crippen LogP contribution in [0.1, 0.15) is 17.3 Å². The van der Waals surface area contributed by atoms with Gasteiger partial charge in [-0.1, -0.05) is 11.6 Å². The summed E-state index contributed by atoms with van der Waals surface area (Å²) in [6.45, 7) is 0. The van der Waals surface area contributed by atoms with Crippen molar-refractivity contribution in [2.24, 2.45) is 11.5 Å². The fraction of sp³-hybridized carbons (Fsp3) is 0.286. The van der Waals surface area contributed by atoms with Crippen LogP contribution < -0.4 is 11.5 Å². The van der Waals surface area contributed by atoms with Gasteiger partial charge in [-0.25, -0.2) is 0 Å². The molecule has 1 rings (SSSR count). The van der Waals surface area contributed by atoms with E-state index in [0.29, 0.717) is 5.02 Å². The highest BCUT2D eigenvalue weighted by Gasteiger charge is 2.10. The SMILES string of the molecule is NC(=O)CC(N)c1cc(Cl)cs1. The molecule has 0 aliphatic carbocycles. The average molecular weight is 205 g/mol. The van der Waals surface area contributed by atoms with Gasteiger partial charge in [-0.05, 0) is 6.07 Å². The molecule has 0 saturated carbocycles. The largest absolute Gasteiger partial charge is 0.370 e. The van der Waals surface area contributed by atoms with Gasteiger partial charge >= 0.3 is 0 Å². The zero-order valence-electron chi connectivity index (χ0n) is 6.29. The van der Waals surface area contributed by atoms with Gasteiger partial charge in [0.15, 0.2) is 0 Å². The van der Waals surface area contributed by atoms with E-state index in [-0.39, 0.29) is 12.5 Å². The predicted molar refractivity (Wildman–Crippen MR) is 50.1 cm³/mol. The molecule has 0 aliphatic heterocycles. The number of primary amides is 1. The number of rotatable bonds is 3. The summed E-state index contributed by atoms with van der Waals surface area (Å²) in [5, 5.41) is 2.42. The Bertz CT molecular complexity index is 287. The van der Waals surface area contributed by atoms with Crippen LogP contribution >= 0.6 is 22.9 Å². The number of hydrogen-bond donors (Lipinski definition) is 2. The maximum Gasteiger partial charge on any atom is 0.219 e. The highest BCUT2D eigenvalue weighted by atomic mass is 35.5. The molecule has 0 saturated heterocycles. The number of hydrogen-bond acceptors (Lipinski definition) is 3. The summed E-state index contributed by atoms with van der Waals surface area (Å²) in [5.41, 5.74) is 10.7. The van der Waals surface area contributed by atoms with E-state index in [2.05, 4.69) is 0 Å². The minimum atomic E-state index is -0.396. The molecule has 3 nitrogen and oxygen atoms in total. The molecular formula is C7H9ClN2OS. The summed E-state index contributed by atoms with van der Waals surface area (Å²) >= 11 is 7.11. The average Bonchev–Trinajstić information content (AvgIpc) is 2.34. The van der Waals surface area contributed by atoms with E-state index in [9.17, 15) is 4.79 Å². The second kappa shape index (κ2) is 3.89. The Morgan fingerprint density at radius 2 is 2.42 bits per heavy atom. The maximum atomic E-state index is 10.5. The highest BCUT2D eigenvalue weighted by Crippen LogP contribution is 2.25. The molecule has 0 aromatic carbocycles. The van der Waals surface area contributed by atoms with Crippen LogP contribution in [0.3, 0.4) is 0 Å². The first-order valence-electron chi connectivity index (χ1n) is 3.37. The molecule has 1 amide bonds. The summed E-state index contributed by atoms with van der Waals surface area (Å²) in [6.07, 6.45) is 0.164. The lowest BCUT2D eigenvalue weighted by atomic mass is 10.2. The predicted octanol–water partition coefficient (Wildman–Crippen LogP) is 1.28. The molecule has 12 heavy (non-hydrogen) atoms. The zero-order valence-corrected chi connectivity index (χ0v) is 7.86. The lowest BCUT2D eigenvalue weighted by Crippen LogP contribution is -2.19. The maximum absolute atomic E-state index is 10.5. The second-order valence-electron chi connectivity index (χ2n) is 2.44. The summed E-state index contributed by atoms with van der Waals surface area (Å²) in [7, 11) is 0. The lowest BCUT2D eigenvalue weighted by Gasteiger charge is -2.04. The van der Waals surface area contributed by atoms with Gasteiger partial charge in [0.05, 0.1) is 5.02 Å². The Balaban J connectivity index is 2.64. The van der Waals surface area contributed by atoms with Crippen molar-refractivity contribution in [1.82, 2.24) is 0 Å². The van der Waals surface area contributed by atoms with Gasteiger partial charge in [0, 0.05) is 22.7 Å². The van der Waals surface area contributed by atoms with E-state index in [1.165, 1.54) is 11.3 Å². The molecule has 1 aromatic rings. The fourth-order valence-corrected chi connectivity index (χ4v) is 1.93. The van der Waals surface area contributed by atoms with E-state index >= 15 is 0 Å². The van der Waals surface area contributed by atoms with Crippen LogP contribution in [0.4, 0.5) is 0 Å². The molecule has 5 heteroatoms. The minimum absolute atomic E-state index is 0.164. The molecule has 0 bridgehead atoms. The number of amides is 1. The Morgan fingerprint density at radius 1 is 1.75 bits per heavy atom. The van der Waals surface area contributed by atoms with Crippen LogP contribution in [-0.2, 0) is 4.79 Å². The van der Waals surface area contributed by atoms with Crippen molar-refractivity contribution in [1.29, 1.82) is 0 Å². The van der Waals surface area contributed by atoms with Gasteiger partial charge in [0.2, 0.25) is 5.91 Å². The van der Waals surface area contributed by atoms with Crippen molar-refractivity contribution in [2.75, 3.05) is 0 Å². The summed E-state index contributed by atoms with van der Waals surface area (Å²) < 4.78 is 0. The molecule has 1 atom stereocenters. The topological polar surface area (TPSA) is 69.1 Å². The van der Waals surface area contributed by atoms with E-state index in [4.69, 9.17) is 23.1 Å². The number of thiophene rings is 1. The number of nitrogens with two attached hydrogens (primary N) is 2. The van der Waals surface area contributed by atoms with Gasteiger partial charge in [-0.2, -0.15) is 0 Å². The Morgan fingerprint density at radius 3 is 2.83 bits per heavy atom. The molecule has 1 aromatic heterocycles. The van der Waals surface area contributed by atoms with Crippen molar-refractivity contribution in [3.63, 3.8) is 0 Å². The van der Waals surface area contributed by atoms with Gasteiger partial charge in [0.1, 0.15) is 0 Å². The zero-order chi connectivity index (χ0) is 9.14. The van der Waals surface area contributed by atoms with Gasteiger partial charge in [-0.3, -0.25) is 4.79 Å². The molecule has 1 unspecified atom stereocenters. The molecule has 0 aliphatic rings. The third kappa shape index (κ3) is 2.48. The van der Waals surface area contributed by atoms with E-state index in [0.717, 1.165) is 4.88 Å². The molecule has 0 spiro atoms. The monoisotopic (exact) mass is 204 g/mol. The minimum Gasteiger partial charge on any atom is -0.370 e. The van der Waals surface area contributed by atoms with Gasteiger partial charge in [-0.15, -0.1) is 11.3 Å². The quantitative estimate of drug-likeness (QED) is 0.779. The first kappa shape index (κ1) is 9.51. The Hall–Kier alpha value is -0.580. The van der Waals surface area contributed by atoms with Crippen LogP contribution in [0, 0.1) is 0 Å². The molecular weight excluding hydrogens is 196 g/mol. The molecule has 66 valence electrons. The third-order valence-corrected chi connectivity index (χ3v) is 2.79. The van der Waals surface area contributed by atoms with Gasteiger partial charge in [0.25, 0.3) is 0 Å². The lowest BCUT2D eigenvalue weighted by molar-refractivity contribution is -0.118. The first-order valence-corrected chi connectivity index (χ1v) is 4.63. The summed E-state index contributed by atoms with van der Waals surface area (Å²) in [6, 6.07) is 1.43. The number of carbonyl (C=O) groups excluding carboxylic acids is 1. The van der Waals surface area contributed by atoms with E-state index in [1.807, 2.05) is 0 Å². The van der Waals surface area contributed by atoms with Crippen LogP contribution in [0.5, 0.6) is 0 Å². The summed E-state index contributed by atoms with van der Waals surface area (Å²) in [5.74, 6) is -0.396. The van der Waals surface area contributed by atoms with E-state index in [1.54, 1.807) is 11.4 Å². The van der Waals surface area contributed by atoms with Crippen LogP contribution in [0.25, 0.3) is 0 Å². The normalized spacial score (nSPS) is 12.8. The standard InChI is InChI=1S/C7H9ClN2OS/c8-4-1-6(12-3-4)5(9)2-7(10)11/h1,3,5H,2,9H2,(H2,10,11). The van der Waals surface area contributed by atoms with Crippen molar-refractivity contribution in [3.05, 3.63) is 21.3 Å². The number of halogens is 1. The second-order valence-corrected chi connectivity index (χ2v) is 3.82. The highest BCUT2D eigenvalue weighted by molar-refractivity contribution is 7.10. The third-order valence-electron chi connectivity index (χ3n) is 1.37. The van der Waals surface area contributed by atoms with Crippen LogP contribution in [0.2, 0.25) is 5.02 Å². The van der Waals surface area contributed by atoms with Crippen LogP contribution in [-0.4, -0.2) is 5.91 Å². The van der Waals surface area contributed by atoms with Crippen molar-refractivity contribution in [2.45, 2.75) is 12.5 Å². The van der Waals surface area contributed by atoms with E-state index < -0.39 is 5.91 Å². The molecule has 0 radical (unpaired) electrons. The smallest absolute Gasteiger partial charge is 0.219 e. The van der Waals surface area contributed by atoms with Crippen LogP contribution in [0.15, 0.2) is 11.4 Å². The number of carbonyl (C=O) groups is 1. The van der Waals surface area contributed by atoms with Crippen molar-refractivity contribution in [3.8, 4) is 0 Å². The summed E-state index contributed by atoms with van der Waals surface area (Å²) in [4.78, 5) is 11.4. The Kier molecular flexibility index (Phi) is 3.08. The molecule has 4 N–H and O–H groups in total. The molecule has 0 fully saturated rings. The van der Waals surface area contributed by atoms with Crippen molar-refractivity contribution >= 4 is 28.8 Å². The van der Waals surface area contributed by atoms with Gasteiger partial charge < -0.3 is 11.5 Å².